The summed E-state index contributed by atoms with van der Waals surface area (Å²) in [5, 5.41) is 7.39. The second-order valence-corrected chi connectivity index (χ2v) is 7.59. The van der Waals surface area contributed by atoms with Gasteiger partial charge in [-0.3, -0.25) is 9.48 Å². The minimum atomic E-state index is -0.451. The Morgan fingerprint density at radius 1 is 1.22 bits per heavy atom. The Bertz CT molecular complexity index is 809. The van der Waals surface area contributed by atoms with E-state index in [0.29, 0.717) is 6.54 Å². The lowest BCUT2D eigenvalue weighted by Crippen LogP contribution is -2.46. The number of fused-ring (bicyclic) bond motifs is 1. The van der Waals surface area contributed by atoms with Crippen molar-refractivity contribution in [2.75, 3.05) is 13.3 Å². The third-order valence-electron chi connectivity index (χ3n) is 5.75. The molecule has 2 aromatic rings. The Morgan fingerprint density at radius 2 is 2.04 bits per heavy atom. The molecule has 1 aromatic carbocycles. The third-order valence-corrected chi connectivity index (χ3v) is 5.75. The summed E-state index contributed by atoms with van der Waals surface area (Å²) in [6, 6.07) is 5.97. The van der Waals surface area contributed by atoms with Gasteiger partial charge in [0.15, 0.2) is 11.5 Å². The summed E-state index contributed by atoms with van der Waals surface area (Å²) in [5.41, 5.74) is 1.80. The molecule has 1 aliphatic heterocycles. The van der Waals surface area contributed by atoms with E-state index in [1.54, 1.807) is 0 Å². The van der Waals surface area contributed by atoms with Crippen LogP contribution in [0.25, 0.3) is 0 Å². The van der Waals surface area contributed by atoms with Gasteiger partial charge in [-0.25, -0.2) is 0 Å². The number of hydrogen-bond acceptors (Lipinski definition) is 4. The first-order chi connectivity index (χ1) is 13.2. The number of aryl methyl sites for hydroxylation is 2. The van der Waals surface area contributed by atoms with Gasteiger partial charge in [0.25, 0.3) is 0 Å². The number of nitrogens with one attached hydrogen (secondary N) is 1. The lowest BCUT2D eigenvalue weighted by atomic mass is 9.68. The smallest absolute Gasteiger partial charge is 0.231 e. The van der Waals surface area contributed by atoms with Gasteiger partial charge >= 0.3 is 0 Å². The Labute approximate surface area is 159 Å². The lowest BCUT2D eigenvalue weighted by Gasteiger charge is -2.36. The molecule has 0 unspecified atom stereocenters. The van der Waals surface area contributed by atoms with Gasteiger partial charge in [-0.2, -0.15) is 5.10 Å². The molecule has 6 heteroatoms. The summed E-state index contributed by atoms with van der Waals surface area (Å²) in [7, 11) is 1.92. The molecule has 2 heterocycles. The van der Waals surface area contributed by atoms with Gasteiger partial charge in [0.05, 0.1) is 11.6 Å². The topological polar surface area (TPSA) is 65.4 Å². The van der Waals surface area contributed by atoms with E-state index in [-0.39, 0.29) is 12.7 Å². The van der Waals surface area contributed by atoms with Crippen LogP contribution >= 0.6 is 0 Å². The number of nitrogens with zero attached hydrogens (tertiary/aromatic N) is 2. The van der Waals surface area contributed by atoms with E-state index >= 15 is 0 Å². The van der Waals surface area contributed by atoms with Crippen molar-refractivity contribution >= 4 is 5.91 Å². The maximum Gasteiger partial charge on any atom is 0.231 e. The maximum absolute atomic E-state index is 13.2. The van der Waals surface area contributed by atoms with E-state index in [0.717, 1.165) is 55.6 Å². The Balaban J connectivity index is 1.43. The molecule has 2 aliphatic rings. The monoisotopic (exact) mass is 369 g/mol. The average Bonchev–Trinajstić information content (AvgIpc) is 3.33. The second kappa shape index (κ2) is 7.62. The fourth-order valence-corrected chi connectivity index (χ4v) is 4.26. The molecule has 1 amide bonds. The van der Waals surface area contributed by atoms with Crippen molar-refractivity contribution < 1.29 is 14.3 Å². The summed E-state index contributed by atoms with van der Waals surface area (Å²) < 4.78 is 12.8. The van der Waals surface area contributed by atoms with E-state index in [1.807, 2.05) is 42.3 Å². The van der Waals surface area contributed by atoms with Gasteiger partial charge in [-0.05, 0) is 48.9 Å². The van der Waals surface area contributed by atoms with Crippen molar-refractivity contribution in [2.45, 2.75) is 50.4 Å². The molecule has 6 nitrogen and oxygen atoms in total. The van der Waals surface area contributed by atoms with Gasteiger partial charge in [0.1, 0.15) is 0 Å². The van der Waals surface area contributed by atoms with E-state index in [9.17, 15) is 4.79 Å². The van der Waals surface area contributed by atoms with Crippen LogP contribution in [-0.2, 0) is 23.7 Å². The Hall–Kier alpha value is -2.50. The van der Waals surface area contributed by atoms with Gasteiger partial charge in [-0.15, -0.1) is 0 Å². The summed E-state index contributed by atoms with van der Waals surface area (Å²) in [6.07, 6.45) is 10.9. The highest BCUT2D eigenvalue weighted by molar-refractivity contribution is 5.88. The van der Waals surface area contributed by atoms with Crippen LogP contribution in [0, 0.1) is 0 Å². The van der Waals surface area contributed by atoms with Crippen LogP contribution in [0.1, 0.15) is 49.7 Å². The summed E-state index contributed by atoms with van der Waals surface area (Å²) in [4.78, 5) is 13.2. The normalized spacial score (nSPS) is 17.7. The number of aromatic nitrogens is 2. The van der Waals surface area contributed by atoms with Crippen LogP contribution in [-0.4, -0.2) is 29.0 Å². The van der Waals surface area contributed by atoms with Gasteiger partial charge in [-0.1, -0.05) is 25.3 Å². The van der Waals surface area contributed by atoms with Gasteiger partial charge < -0.3 is 14.8 Å². The van der Waals surface area contributed by atoms with Crippen molar-refractivity contribution in [3.8, 4) is 11.5 Å². The number of carbonyl (C=O) groups is 1. The molecule has 0 bridgehead atoms. The fourth-order valence-electron chi connectivity index (χ4n) is 4.26. The molecule has 0 spiro atoms. The zero-order valence-corrected chi connectivity index (χ0v) is 15.9. The van der Waals surface area contributed by atoms with Crippen LogP contribution in [0.15, 0.2) is 30.6 Å². The van der Waals surface area contributed by atoms with Gasteiger partial charge in [0, 0.05) is 19.8 Å². The molecule has 1 N–H and O–H groups in total. The number of benzene rings is 1. The Kier molecular flexibility index (Phi) is 5.05. The minimum absolute atomic E-state index is 0.146. The van der Waals surface area contributed by atoms with E-state index in [2.05, 4.69) is 10.4 Å². The highest BCUT2D eigenvalue weighted by Crippen LogP contribution is 2.43. The second-order valence-electron chi connectivity index (χ2n) is 7.59. The number of carbonyl (C=O) groups excluding carboxylic acids is 1. The van der Waals surface area contributed by atoms with Gasteiger partial charge in [0.2, 0.25) is 12.7 Å². The van der Waals surface area contributed by atoms with E-state index < -0.39 is 5.41 Å². The molecule has 0 radical (unpaired) electrons. The molecule has 27 heavy (non-hydrogen) atoms. The van der Waals surface area contributed by atoms with Crippen LogP contribution < -0.4 is 14.8 Å². The fraction of sp³-hybridized carbons (Fsp3) is 0.524. The number of ether oxygens (including phenoxy) is 2. The molecule has 1 aromatic heterocycles. The summed E-state index contributed by atoms with van der Waals surface area (Å²) in [5.74, 6) is 1.66. The molecule has 144 valence electrons. The molecule has 0 atom stereocenters. The van der Waals surface area contributed by atoms with Crippen molar-refractivity contribution in [3.63, 3.8) is 0 Å². The zero-order chi connectivity index (χ0) is 18.7. The molecule has 0 saturated heterocycles. The van der Waals surface area contributed by atoms with Crippen molar-refractivity contribution in [3.05, 3.63) is 41.7 Å². The standard InChI is InChI=1S/C21H27N3O3/c1-24-14-16(13-23-24)6-5-11-22-20(25)21(9-3-2-4-10-21)17-7-8-18-19(12-17)27-15-26-18/h7-8,12-14H,2-6,9-11,15H2,1H3,(H,22,25). The third kappa shape index (κ3) is 3.66. The summed E-state index contributed by atoms with van der Waals surface area (Å²) >= 11 is 0. The van der Waals surface area contributed by atoms with Crippen molar-refractivity contribution in [2.24, 2.45) is 7.05 Å². The molecular weight excluding hydrogens is 342 g/mol. The zero-order valence-electron chi connectivity index (χ0n) is 15.9. The SMILES string of the molecule is Cn1cc(CCCNC(=O)C2(c3ccc4c(c3)OCO4)CCCCC2)cn1. The lowest BCUT2D eigenvalue weighted by molar-refractivity contribution is -0.128. The number of rotatable bonds is 6. The predicted octanol–water partition coefficient (Wildman–Crippen LogP) is 3.10. The van der Waals surface area contributed by atoms with Crippen LogP contribution in [0.4, 0.5) is 0 Å². The Morgan fingerprint density at radius 3 is 2.81 bits per heavy atom. The molecule has 1 saturated carbocycles. The van der Waals surface area contributed by atoms with E-state index in [1.165, 1.54) is 12.0 Å². The molecule has 1 fully saturated rings. The van der Waals surface area contributed by atoms with Crippen molar-refractivity contribution in [1.82, 2.24) is 15.1 Å². The number of amides is 1. The first-order valence-electron chi connectivity index (χ1n) is 9.83. The summed E-state index contributed by atoms with van der Waals surface area (Å²) in [6.45, 7) is 0.937. The highest BCUT2D eigenvalue weighted by Gasteiger charge is 2.41. The molecule has 1 aliphatic carbocycles. The van der Waals surface area contributed by atoms with E-state index in [4.69, 9.17) is 9.47 Å². The van der Waals surface area contributed by atoms with Crippen LogP contribution in [0.2, 0.25) is 0 Å². The van der Waals surface area contributed by atoms with Crippen molar-refractivity contribution in [1.29, 1.82) is 0 Å². The highest BCUT2D eigenvalue weighted by atomic mass is 16.7. The first kappa shape index (κ1) is 17.9. The van der Waals surface area contributed by atoms with Crippen LogP contribution in [0.3, 0.4) is 0 Å². The maximum atomic E-state index is 13.2. The molecule has 4 rings (SSSR count). The van der Waals surface area contributed by atoms with Crippen LogP contribution in [0.5, 0.6) is 11.5 Å². The predicted molar refractivity (Wildman–Crippen MR) is 102 cm³/mol. The number of hydrogen-bond donors (Lipinski definition) is 1. The quantitative estimate of drug-likeness (QED) is 0.795. The first-order valence-corrected chi connectivity index (χ1v) is 9.83. The molecular formula is C21H27N3O3. The minimum Gasteiger partial charge on any atom is -0.454 e. The average molecular weight is 369 g/mol. The largest absolute Gasteiger partial charge is 0.454 e.